The van der Waals surface area contributed by atoms with Crippen LogP contribution in [0.5, 0.6) is 0 Å². The van der Waals surface area contributed by atoms with Crippen LogP contribution in [0.1, 0.15) is 53.7 Å². The minimum Gasteiger partial charge on any atom is -0.397 e. The Morgan fingerprint density at radius 1 is 1.30 bits per heavy atom. The number of carbonyl (C=O) groups is 1. The molecule has 3 N–H and O–H groups in total. The molecule has 0 aromatic carbocycles. The Morgan fingerprint density at radius 2 is 2.03 bits per heavy atom. The maximum atomic E-state index is 14.2. The van der Waals surface area contributed by atoms with Gasteiger partial charge in [0.15, 0.2) is 5.13 Å². The fourth-order valence-corrected chi connectivity index (χ4v) is 5.53. The molecule has 30 heavy (non-hydrogen) atoms. The Balaban J connectivity index is 1.87. The Labute approximate surface area is 179 Å². The number of pyridine rings is 1. The minimum absolute atomic E-state index is 0.0212. The van der Waals surface area contributed by atoms with E-state index in [4.69, 9.17) is 5.73 Å². The number of carbonyl (C=O) groups excluding carboxylic acids is 1. The molecule has 0 saturated carbocycles. The Bertz CT molecular complexity index is 1110. The van der Waals surface area contributed by atoms with Crippen LogP contribution in [0, 0.1) is 11.3 Å². The lowest BCUT2D eigenvalue weighted by Gasteiger charge is -2.35. The number of hydrogen-bond donors (Lipinski definition) is 2. The molecule has 0 radical (unpaired) electrons. The van der Waals surface area contributed by atoms with E-state index in [1.807, 2.05) is 20.8 Å². The van der Waals surface area contributed by atoms with E-state index in [0.29, 0.717) is 23.7 Å². The first-order valence-corrected chi connectivity index (χ1v) is 11.2. The summed E-state index contributed by atoms with van der Waals surface area (Å²) in [6.07, 6.45) is -1.51. The highest BCUT2D eigenvalue weighted by molar-refractivity contribution is 7.21. The predicted octanol–water partition coefficient (Wildman–Crippen LogP) is 5.76. The predicted molar refractivity (Wildman–Crippen MR) is 114 cm³/mol. The van der Waals surface area contributed by atoms with Gasteiger partial charge in [-0.05, 0) is 36.2 Å². The van der Waals surface area contributed by atoms with Crippen molar-refractivity contribution in [3.63, 3.8) is 0 Å². The molecule has 0 spiro atoms. The smallest absolute Gasteiger partial charge is 0.397 e. The third-order valence-corrected chi connectivity index (χ3v) is 7.40. The summed E-state index contributed by atoms with van der Waals surface area (Å²) in [5, 5.41) is 4.46. The van der Waals surface area contributed by atoms with E-state index in [-0.39, 0.29) is 37.7 Å². The summed E-state index contributed by atoms with van der Waals surface area (Å²) >= 11 is 2.11. The molecule has 4 rings (SSSR count). The number of thiophene rings is 1. The van der Waals surface area contributed by atoms with Gasteiger partial charge in [0.1, 0.15) is 9.71 Å². The van der Waals surface area contributed by atoms with Crippen molar-refractivity contribution in [2.45, 2.75) is 46.2 Å². The second kappa shape index (κ2) is 7.19. The van der Waals surface area contributed by atoms with E-state index in [0.717, 1.165) is 17.8 Å². The molecule has 0 aliphatic heterocycles. The molecule has 3 aromatic rings. The number of nitrogen functional groups attached to an aromatic ring is 1. The zero-order chi connectivity index (χ0) is 21.8. The van der Waals surface area contributed by atoms with Crippen molar-refractivity contribution in [1.82, 2.24) is 9.97 Å². The number of hydrogen-bond acceptors (Lipinski definition) is 6. The summed E-state index contributed by atoms with van der Waals surface area (Å²) in [7, 11) is 0. The largest absolute Gasteiger partial charge is 0.417 e. The number of alkyl halides is 3. The molecule has 0 saturated heterocycles. The fraction of sp³-hybridized carbons (Fsp3) is 0.450. The maximum Gasteiger partial charge on any atom is 0.417 e. The first kappa shape index (κ1) is 21.0. The number of fused-ring (bicyclic) bond motifs is 2. The number of anilines is 2. The van der Waals surface area contributed by atoms with Crippen LogP contribution in [-0.4, -0.2) is 15.9 Å². The van der Waals surface area contributed by atoms with Crippen molar-refractivity contribution in [2.75, 3.05) is 11.1 Å². The SMILES string of the molecule is CC(C)(C)C1CCc2nc3sc(C(=O)Nc4nccs4)c(N)c3c(C(F)(F)F)c2C1. The van der Waals surface area contributed by atoms with Crippen LogP contribution in [0.4, 0.5) is 24.0 Å². The van der Waals surface area contributed by atoms with Crippen molar-refractivity contribution in [1.29, 1.82) is 0 Å². The number of aryl methyl sites for hydroxylation is 1. The van der Waals surface area contributed by atoms with Crippen LogP contribution in [0.2, 0.25) is 0 Å². The minimum atomic E-state index is -4.59. The quantitative estimate of drug-likeness (QED) is 0.516. The lowest BCUT2D eigenvalue weighted by Crippen LogP contribution is -2.29. The van der Waals surface area contributed by atoms with E-state index in [1.54, 1.807) is 5.38 Å². The molecule has 1 aliphatic carbocycles. The number of nitrogens with one attached hydrogen (secondary N) is 1. The van der Waals surface area contributed by atoms with Gasteiger partial charge in [-0.3, -0.25) is 10.1 Å². The third-order valence-electron chi connectivity index (χ3n) is 5.61. The van der Waals surface area contributed by atoms with Gasteiger partial charge in [-0.1, -0.05) is 20.8 Å². The van der Waals surface area contributed by atoms with Crippen molar-refractivity contribution in [3.8, 4) is 0 Å². The molecule has 1 unspecified atom stereocenters. The molecule has 10 heteroatoms. The second-order valence-electron chi connectivity index (χ2n) is 8.53. The summed E-state index contributed by atoms with van der Waals surface area (Å²) in [4.78, 5) is 21.3. The number of halogens is 3. The fourth-order valence-electron chi connectivity index (χ4n) is 3.98. The Morgan fingerprint density at radius 3 is 2.63 bits per heavy atom. The van der Waals surface area contributed by atoms with E-state index < -0.39 is 17.6 Å². The number of rotatable bonds is 2. The van der Waals surface area contributed by atoms with E-state index in [9.17, 15) is 18.0 Å². The molecule has 1 atom stereocenters. The molecule has 0 fully saturated rings. The van der Waals surface area contributed by atoms with Crippen molar-refractivity contribution in [2.24, 2.45) is 11.3 Å². The third kappa shape index (κ3) is 3.66. The van der Waals surface area contributed by atoms with E-state index in [1.165, 1.54) is 17.5 Å². The number of nitrogens with zero attached hydrogens (tertiary/aromatic N) is 2. The Hall–Kier alpha value is -2.20. The number of thiazole rings is 1. The molecule has 1 amide bonds. The van der Waals surface area contributed by atoms with E-state index >= 15 is 0 Å². The maximum absolute atomic E-state index is 14.2. The molecular weight excluding hydrogens is 433 g/mol. The number of nitrogens with two attached hydrogens (primary N) is 1. The molecule has 3 aromatic heterocycles. The highest BCUT2D eigenvalue weighted by Crippen LogP contribution is 2.48. The zero-order valence-corrected chi connectivity index (χ0v) is 18.3. The van der Waals surface area contributed by atoms with Crippen LogP contribution in [0.3, 0.4) is 0 Å². The number of aromatic nitrogens is 2. The number of amides is 1. The average molecular weight is 455 g/mol. The van der Waals surface area contributed by atoms with Crippen LogP contribution in [-0.2, 0) is 19.0 Å². The summed E-state index contributed by atoms with van der Waals surface area (Å²) in [5.41, 5.74) is 5.76. The van der Waals surface area contributed by atoms with Crippen molar-refractivity contribution >= 4 is 49.6 Å². The Kier molecular flexibility index (Phi) is 5.05. The van der Waals surface area contributed by atoms with Gasteiger partial charge >= 0.3 is 6.18 Å². The van der Waals surface area contributed by atoms with Gasteiger partial charge in [0, 0.05) is 22.7 Å². The lowest BCUT2D eigenvalue weighted by molar-refractivity contribution is -0.137. The molecule has 3 heterocycles. The molecule has 1 aliphatic rings. The van der Waals surface area contributed by atoms with Gasteiger partial charge in [-0.2, -0.15) is 13.2 Å². The molecular formula is C20H21F3N4OS2. The van der Waals surface area contributed by atoms with Crippen LogP contribution in [0.25, 0.3) is 10.2 Å². The zero-order valence-electron chi connectivity index (χ0n) is 16.7. The monoisotopic (exact) mass is 454 g/mol. The summed E-state index contributed by atoms with van der Waals surface area (Å²) in [5.74, 6) is -0.470. The van der Waals surface area contributed by atoms with Gasteiger partial charge in [0.05, 0.1) is 11.3 Å². The van der Waals surface area contributed by atoms with Crippen molar-refractivity contribution in [3.05, 3.63) is 33.3 Å². The van der Waals surface area contributed by atoms with Gasteiger partial charge in [0.2, 0.25) is 0 Å². The highest BCUT2D eigenvalue weighted by Gasteiger charge is 2.42. The topological polar surface area (TPSA) is 80.9 Å². The normalized spacial score (nSPS) is 17.2. The molecule has 160 valence electrons. The highest BCUT2D eigenvalue weighted by atomic mass is 32.1. The van der Waals surface area contributed by atoms with E-state index in [2.05, 4.69) is 15.3 Å². The van der Waals surface area contributed by atoms with Gasteiger partial charge < -0.3 is 5.73 Å². The van der Waals surface area contributed by atoms with Gasteiger partial charge in [-0.15, -0.1) is 22.7 Å². The lowest BCUT2D eigenvalue weighted by atomic mass is 9.70. The van der Waals surface area contributed by atoms with Gasteiger partial charge in [-0.25, -0.2) is 9.97 Å². The summed E-state index contributed by atoms with van der Waals surface area (Å²) < 4.78 is 42.7. The van der Waals surface area contributed by atoms with Crippen LogP contribution >= 0.6 is 22.7 Å². The van der Waals surface area contributed by atoms with Crippen molar-refractivity contribution < 1.29 is 18.0 Å². The van der Waals surface area contributed by atoms with Crippen LogP contribution < -0.4 is 11.1 Å². The average Bonchev–Trinajstić information content (AvgIpc) is 3.25. The van der Waals surface area contributed by atoms with Gasteiger partial charge in [0.25, 0.3) is 5.91 Å². The molecule has 5 nitrogen and oxygen atoms in total. The second-order valence-corrected chi connectivity index (χ2v) is 10.4. The first-order chi connectivity index (χ1) is 14.0. The van der Waals surface area contributed by atoms with Crippen LogP contribution in [0.15, 0.2) is 11.6 Å². The molecule has 0 bridgehead atoms. The summed E-state index contributed by atoms with van der Waals surface area (Å²) in [6, 6.07) is 0. The summed E-state index contributed by atoms with van der Waals surface area (Å²) in [6.45, 7) is 6.13. The first-order valence-electron chi connectivity index (χ1n) is 9.48. The standard InChI is InChI=1S/C20H21F3N4OS2/c1-19(2,3)9-4-5-11-10(8-9)13(20(21,22)23)12-14(24)15(30-17(12)26-11)16(28)27-18-25-6-7-29-18/h6-7,9H,4-5,8,24H2,1-3H3,(H,25,27,28).